The first-order chi connectivity index (χ1) is 34.6. The van der Waals surface area contributed by atoms with Gasteiger partial charge < -0.3 is 0 Å². The molecule has 0 bridgehead atoms. The van der Waals surface area contributed by atoms with Crippen LogP contribution in [0.1, 0.15) is 5.56 Å². The fraction of sp³-hybridized carbons (Fsp3) is 0.0152. The van der Waals surface area contributed by atoms with Crippen LogP contribution < -0.4 is 0 Å². The Hall–Kier alpha value is -9.25. The van der Waals surface area contributed by atoms with Gasteiger partial charge in [0.15, 0.2) is 5.82 Å². The molecular weight excluding hydrogens is 849 g/mol. The summed E-state index contributed by atoms with van der Waals surface area (Å²) in [4.78, 5) is 16.4. The van der Waals surface area contributed by atoms with Crippen LogP contribution in [-0.4, -0.2) is 19.5 Å². The highest BCUT2D eigenvalue weighted by Crippen LogP contribution is 2.42. The zero-order valence-corrected chi connectivity index (χ0v) is 38.6. The van der Waals surface area contributed by atoms with Gasteiger partial charge in [-0.1, -0.05) is 242 Å². The average molecular weight is 895 g/mol. The van der Waals surface area contributed by atoms with E-state index in [-0.39, 0.29) is 0 Å². The van der Waals surface area contributed by atoms with E-state index in [2.05, 4.69) is 272 Å². The van der Waals surface area contributed by atoms with Crippen LogP contribution in [0.15, 0.2) is 261 Å². The Kier molecular flexibility index (Phi) is 11.1. The molecule has 0 unspecified atom stereocenters. The van der Waals surface area contributed by atoms with Crippen LogP contribution in [0.5, 0.6) is 0 Å². The quantitative estimate of drug-likeness (QED) is 0.137. The van der Waals surface area contributed by atoms with Crippen LogP contribution >= 0.6 is 0 Å². The van der Waals surface area contributed by atoms with Crippen molar-refractivity contribution in [2.24, 2.45) is 0 Å². The Morgan fingerprint density at radius 3 is 1.26 bits per heavy atom. The van der Waals surface area contributed by atoms with Crippen LogP contribution in [0.2, 0.25) is 0 Å². The third kappa shape index (κ3) is 8.18. The molecule has 0 aliphatic rings. The largest absolute Gasteiger partial charge is 0.292 e. The van der Waals surface area contributed by atoms with Crippen LogP contribution in [0.25, 0.3) is 118 Å². The van der Waals surface area contributed by atoms with Crippen molar-refractivity contribution in [1.29, 1.82) is 0 Å². The lowest BCUT2D eigenvalue weighted by Crippen LogP contribution is -2.01. The summed E-state index contributed by atoms with van der Waals surface area (Å²) < 4.78 is 2.31. The summed E-state index contributed by atoms with van der Waals surface area (Å²) in [5.74, 6) is 1.54. The molecule has 0 atom stereocenters. The van der Waals surface area contributed by atoms with E-state index in [9.17, 15) is 0 Å². The maximum atomic E-state index is 5.49. The van der Waals surface area contributed by atoms with Crippen molar-refractivity contribution in [1.82, 2.24) is 19.5 Å². The Bertz CT molecular complexity index is 3740. The van der Waals surface area contributed by atoms with Crippen molar-refractivity contribution >= 4 is 10.9 Å². The van der Waals surface area contributed by atoms with E-state index in [0.717, 1.165) is 95.1 Å². The molecule has 0 fully saturated rings. The first kappa shape index (κ1) is 42.1. The molecule has 0 saturated carbocycles. The smallest absolute Gasteiger partial charge is 0.160 e. The molecule has 0 spiro atoms. The number of rotatable bonds is 10. The van der Waals surface area contributed by atoms with E-state index in [1.807, 2.05) is 0 Å². The molecule has 4 heteroatoms. The topological polar surface area (TPSA) is 43.6 Å². The molecule has 0 aliphatic carbocycles. The van der Waals surface area contributed by atoms with E-state index in [0.29, 0.717) is 5.82 Å². The minimum Gasteiger partial charge on any atom is -0.292 e. The molecule has 0 saturated heterocycles. The molecular formula is C66H46N4. The maximum Gasteiger partial charge on any atom is 0.160 e. The number of imidazole rings is 1. The van der Waals surface area contributed by atoms with Crippen molar-refractivity contribution in [3.8, 4) is 107 Å². The minimum absolute atomic E-state index is 0.675. The van der Waals surface area contributed by atoms with E-state index >= 15 is 0 Å². The molecule has 2 aromatic heterocycles. The lowest BCUT2D eigenvalue weighted by atomic mass is 9.92. The van der Waals surface area contributed by atoms with Gasteiger partial charge in [-0.2, -0.15) is 0 Å². The highest BCUT2D eigenvalue weighted by molar-refractivity contribution is 6.04. The Labute approximate surface area is 408 Å². The zero-order valence-electron chi connectivity index (χ0n) is 38.6. The minimum atomic E-state index is 0.675. The molecule has 2 heterocycles. The van der Waals surface area contributed by atoms with Crippen molar-refractivity contribution < 1.29 is 0 Å². The van der Waals surface area contributed by atoms with Crippen molar-refractivity contribution in [3.63, 3.8) is 0 Å². The summed E-state index contributed by atoms with van der Waals surface area (Å²) >= 11 is 0. The number of aromatic nitrogens is 4. The zero-order chi connectivity index (χ0) is 46.8. The molecule has 0 amide bonds. The second-order valence-electron chi connectivity index (χ2n) is 17.7. The number of hydrogen-bond acceptors (Lipinski definition) is 3. The fourth-order valence-corrected chi connectivity index (χ4v) is 9.51. The predicted octanol–water partition coefficient (Wildman–Crippen LogP) is 17.1. The van der Waals surface area contributed by atoms with Crippen LogP contribution in [0.4, 0.5) is 0 Å². The molecule has 10 aromatic carbocycles. The second-order valence-corrected chi connectivity index (χ2v) is 17.7. The molecule has 12 aromatic rings. The summed E-state index contributed by atoms with van der Waals surface area (Å²) in [5.41, 5.74) is 20.0. The van der Waals surface area contributed by atoms with Crippen molar-refractivity contribution in [2.75, 3.05) is 0 Å². The third-order valence-electron chi connectivity index (χ3n) is 13.1. The van der Waals surface area contributed by atoms with E-state index in [4.69, 9.17) is 15.0 Å². The molecule has 330 valence electrons. The van der Waals surface area contributed by atoms with Gasteiger partial charge in [-0.05, 0) is 70.1 Å². The summed E-state index contributed by atoms with van der Waals surface area (Å²) in [7, 11) is 0. The van der Waals surface area contributed by atoms with Gasteiger partial charge in [0.05, 0.1) is 22.6 Å². The molecule has 4 nitrogen and oxygen atoms in total. The second kappa shape index (κ2) is 18.4. The van der Waals surface area contributed by atoms with Gasteiger partial charge in [0.2, 0.25) is 0 Å². The number of hydrogen-bond donors (Lipinski definition) is 0. The highest BCUT2D eigenvalue weighted by Gasteiger charge is 2.23. The molecule has 0 radical (unpaired) electrons. The summed E-state index contributed by atoms with van der Waals surface area (Å²) in [5, 5.41) is 0.972. The van der Waals surface area contributed by atoms with Crippen LogP contribution in [0, 0.1) is 6.92 Å². The van der Waals surface area contributed by atoms with Crippen molar-refractivity contribution in [2.45, 2.75) is 6.92 Å². The monoisotopic (exact) mass is 894 g/mol. The standard InChI is InChI=1S/C66H46N4/c1-45-27-29-55(30-28-45)65-67-61(53-39-41-58(42-40-53)70-64(54-23-13-5-14-24-54)62(52-21-11-4-12-22-52)69-66(70)56-25-15-6-16-26-56)60-44-57(50-33-31-48(32-34-50)46-17-7-2-8-18-46)43-59(63(60)68-65)51-37-35-49(36-38-51)47-19-9-3-10-20-47/h2-44H,1H3. The van der Waals surface area contributed by atoms with E-state index in [1.54, 1.807) is 0 Å². The summed E-state index contributed by atoms with van der Waals surface area (Å²) in [6.45, 7) is 2.11. The van der Waals surface area contributed by atoms with Gasteiger partial charge >= 0.3 is 0 Å². The lowest BCUT2D eigenvalue weighted by molar-refractivity contribution is 1.07. The molecule has 0 aliphatic heterocycles. The summed E-state index contributed by atoms with van der Waals surface area (Å²) in [6, 6.07) is 92.3. The Morgan fingerprint density at radius 2 is 0.714 bits per heavy atom. The van der Waals surface area contributed by atoms with Gasteiger partial charge in [0.1, 0.15) is 5.82 Å². The summed E-state index contributed by atoms with van der Waals surface area (Å²) in [6.07, 6.45) is 0. The average Bonchev–Trinajstić information content (AvgIpc) is 3.85. The fourth-order valence-electron chi connectivity index (χ4n) is 9.51. The predicted molar refractivity (Wildman–Crippen MR) is 290 cm³/mol. The number of nitrogens with zero attached hydrogens (tertiary/aromatic N) is 4. The lowest BCUT2D eigenvalue weighted by Gasteiger charge is -2.17. The first-order valence-electron chi connectivity index (χ1n) is 23.8. The number of fused-ring (bicyclic) bond motifs is 1. The van der Waals surface area contributed by atoms with Crippen LogP contribution in [-0.2, 0) is 0 Å². The van der Waals surface area contributed by atoms with Crippen molar-refractivity contribution in [3.05, 3.63) is 266 Å². The normalized spacial score (nSPS) is 11.2. The van der Waals surface area contributed by atoms with Gasteiger partial charge in [0, 0.05) is 44.5 Å². The SMILES string of the molecule is Cc1ccc(-c2nc(-c3ccc(-n4c(-c5ccccc5)nc(-c5ccccc5)c4-c4ccccc4)cc3)c3cc(-c4ccc(-c5ccccc5)cc4)cc(-c4ccc(-c5ccccc5)cc4)c3n2)cc1. The molecule has 12 rings (SSSR count). The Morgan fingerprint density at radius 1 is 0.300 bits per heavy atom. The maximum absolute atomic E-state index is 5.49. The first-order valence-corrected chi connectivity index (χ1v) is 23.8. The van der Waals surface area contributed by atoms with Gasteiger partial charge in [-0.25, -0.2) is 15.0 Å². The highest BCUT2D eigenvalue weighted by atomic mass is 15.1. The van der Waals surface area contributed by atoms with Crippen LogP contribution in [0.3, 0.4) is 0 Å². The van der Waals surface area contributed by atoms with E-state index in [1.165, 1.54) is 22.3 Å². The van der Waals surface area contributed by atoms with Gasteiger partial charge in [0.25, 0.3) is 0 Å². The number of aryl methyl sites for hydroxylation is 1. The van der Waals surface area contributed by atoms with Gasteiger partial charge in [-0.3, -0.25) is 4.57 Å². The molecule has 70 heavy (non-hydrogen) atoms. The van der Waals surface area contributed by atoms with Gasteiger partial charge in [-0.15, -0.1) is 0 Å². The Balaban J connectivity index is 1.07. The number of benzene rings is 10. The third-order valence-corrected chi connectivity index (χ3v) is 13.1. The molecule has 0 N–H and O–H groups in total. The van der Waals surface area contributed by atoms with E-state index < -0.39 is 0 Å².